The third-order valence-corrected chi connectivity index (χ3v) is 4.97. The Kier molecular flexibility index (Phi) is 3.92. The largest absolute Gasteiger partial charge is 0.319 e. The van der Waals surface area contributed by atoms with Gasteiger partial charge in [0.05, 0.1) is 16.0 Å². The molecule has 0 aliphatic heterocycles. The minimum Gasteiger partial charge on any atom is -0.319 e. The first-order chi connectivity index (χ1) is 11.3. The van der Waals surface area contributed by atoms with Gasteiger partial charge < -0.3 is 5.32 Å². The molecule has 8 heteroatoms. The highest BCUT2D eigenvalue weighted by Crippen LogP contribution is 2.28. The molecule has 1 N–H and O–H groups in total. The van der Waals surface area contributed by atoms with Gasteiger partial charge in [-0.1, -0.05) is 0 Å². The lowest BCUT2D eigenvalue weighted by Crippen LogP contribution is -2.20. The van der Waals surface area contributed by atoms with Gasteiger partial charge in [-0.05, 0) is 31.5 Å². The number of rotatable bonds is 2. The number of fused-ring (bicyclic) bond motifs is 1. The fraction of sp³-hybridized carbons (Fsp3) is 0.188. The first kappa shape index (κ1) is 16.3. The fourth-order valence-corrected chi connectivity index (χ4v) is 3.46. The van der Waals surface area contributed by atoms with Gasteiger partial charge in [0.2, 0.25) is 0 Å². The first-order valence-electron chi connectivity index (χ1n) is 7.02. The molecule has 3 aromatic rings. The maximum atomic E-state index is 13.7. The minimum atomic E-state index is -0.869. The zero-order valence-electron chi connectivity index (χ0n) is 13.1. The molecule has 0 radical (unpaired) electrons. The molecule has 0 saturated heterocycles. The molecule has 0 bridgehead atoms. The van der Waals surface area contributed by atoms with Crippen molar-refractivity contribution in [2.75, 3.05) is 5.32 Å². The van der Waals surface area contributed by atoms with Crippen molar-refractivity contribution in [2.45, 2.75) is 13.8 Å². The Balaban J connectivity index is 2.06. The van der Waals surface area contributed by atoms with Gasteiger partial charge in [0, 0.05) is 13.1 Å². The summed E-state index contributed by atoms with van der Waals surface area (Å²) in [6.45, 7) is 3.34. The molecule has 124 valence electrons. The number of amides is 1. The molecule has 1 aromatic carbocycles. The number of aryl methyl sites for hydroxylation is 2. The fourth-order valence-electron chi connectivity index (χ4n) is 2.35. The van der Waals surface area contributed by atoms with E-state index in [2.05, 4.69) is 10.3 Å². The van der Waals surface area contributed by atoms with Gasteiger partial charge in [-0.2, -0.15) is 0 Å². The Morgan fingerprint density at radius 1 is 1.29 bits per heavy atom. The number of aromatic nitrogens is 2. The second-order valence-electron chi connectivity index (χ2n) is 5.34. The van der Waals surface area contributed by atoms with Crippen molar-refractivity contribution in [2.24, 2.45) is 7.05 Å². The van der Waals surface area contributed by atoms with Crippen molar-refractivity contribution in [1.82, 2.24) is 9.55 Å². The molecule has 0 spiro atoms. The molecule has 0 aliphatic rings. The van der Waals surface area contributed by atoms with Gasteiger partial charge in [-0.15, -0.1) is 11.3 Å². The number of benzene rings is 1. The SMILES string of the molecule is Cc1c(C(=O)Nc2ccc(F)cc2F)sc2nc(C)n(C)c(=O)c12. The monoisotopic (exact) mass is 349 g/mol. The normalized spacial score (nSPS) is 11.0. The van der Waals surface area contributed by atoms with Gasteiger partial charge in [0.25, 0.3) is 11.5 Å². The quantitative estimate of drug-likeness (QED) is 0.773. The average Bonchev–Trinajstić information content (AvgIpc) is 2.84. The van der Waals surface area contributed by atoms with Crippen molar-refractivity contribution in [3.63, 3.8) is 0 Å². The van der Waals surface area contributed by atoms with Crippen LogP contribution >= 0.6 is 11.3 Å². The van der Waals surface area contributed by atoms with Crippen LogP contribution < -0.4 is 10.9 Å². The lowest BCUT2D eigenvalue weighted by molar-refractivity contribution is 0.102. The van der Waals surface area contributed by atoms with E-state index in [9.17, 15) is 18.4 Å². The third-order valence-electron chi connectivity index (χ3n) is 3.78. The van der Waals surface area contributed by atoms with Crippen LogP contribution in [0.5, 0.6) is 0 Å². The van der Waals surface area contributed by atoms with Crippen LogP contribution in [0.1, 0.15) is 21.1 Å². The Bertz CT molecular complexity index is 1040. The molecule has 0 fully saturated rings. The van der Waals surface area contributed by atoms with Crippen LogP contribution in [-0.4, -0.2) is 15.5 Å². The number of carbonyl (C=O) groups is 1. The number of nitrogens with zero attached hydrogens (tertiary/aromatic N) is 2. The number of anilines is 1. The molecular formula is C16H13F2N3O2S. The summed E-state index contributed by atoms with van der Waals surface area (Å²) in [5.74, 6) is -1.63. The molecule has 2 aromatic heterocycles. The molecule has 1 amide bonds. The molecule has 2 heterocycles. The molecule has 3 rings (SSSR count). The molecule has 24 heavy (non-hydrogen) atoms. The number of carbonyl (C=O) groups excluding carboxylic acids is 1. The standard InChI is InChI=1S/C16H13F2N3O2S/c1-7-12-15(19-8(2)21(3)16(12)23)24-13(7)14(22)20-11-5-4-9(17)6-10(11)18/h4-6H,1-3H3,(H,20,22). The Morgan fingerprint density at radius 2 is 2.00 bits per heavy atom. The second-order valence-corrected chi connectivity index (χ2v) is 6.34. The van der Waals surface area contributed by atoms with Crippen molar-refractivity contribution >= 4 is 33.1 Å². The van der Waals surface area contributed by atoms with E-state index in [0.29, 0.717) is 27.7 Å². The number of thiophene rings is 1. The van der Waals surface area contributed by atoms with Crippen molar-refractivity contribution in [1.29, 1.82) is 0 Å². The summed E-state index contributed by atoms with van der Waals surface area (Å²) in [6.07, 6.45) is 0. The number of hydrogen-bond acceptors (Lipinski definition) is 4. The van der Waals surface area contributed by atoms with E-state index < -0.39 is 17.5 Å². The molecule has 5 nitrogen and oxygen atoms in total. The van der Waals surface area contributed by atoms with Crippen LogP contribution in [-0.2, 0) is 7.05 Å². The topological polar surface area (TPSA) is 64.0 Å². The summed E-state index contributed by atoms with van der Waals surface area (Å²) >= 11 is 1.06. The first-order valence-corrected chi connectivity index (χ1v) is 7.84. The van der Waals surface area contributed by atoms with Crippen LogP contribution in [0.2, 0.25) is 0 Å². The lowest BCUT2D eigenvalue weighted by atomic mass is 10.2. The van der Waals surface area contributed by atoms with E-state index in [1.807, 2.05) is 0 Å². The Labute approximate surface area is 139 Å². The van der Waals surface area contributed by atoms with E-state index in [1.165, 1.54) is 4.57 Å². The number of hydrogen-bond donors (Lipinski definition) is 1. The van der Waals surface area contributed by atoms with E-state index in [0.717, 1.165) is 23.5 Å². The molecule has 0 aliphatic carbocycles. The molecular weight excluding hydrogens is 336 g/mol. The maximum Gasteiger partial charge on any atom is 0.266 e. The Morgan fingerprint density at radius 3 is 2.67 bits per heavy atom. The minimum absolute atomic E-state index is 0.129. The highest BCUT2D eigenvalue weighted by Gasteiger charge is 2.20. The molecule has 0 saturated carbocycles. The van der Waals surface area contributed by atoms with E-state index in [-0.39, 0.29) is 16.1 Å². The van der Waals surface area contributed by atoms with Gasteiger partial charge in [0.15, 0.2) is 0 Å². The summed E-state index contributed by atoms with van der Waals surface area (Å²) in [6, 6.07) is 2.89. The number of halogens is 2. The van der Waals surface area contributed by atoms with Crippen molar-refractivity contribution in [3.05, 3.63) is 56.5 Å². The van der Waals surface area contributed by atoms with E-state index >= 15 is 0 Å². The van der Waals surface area contributed by atoms with E-state index in [1.54, 1.807) is 20.9 Å². The highest BCUT2D eigenvalue weighted by molar-refractivity contribution is 7.20. The summed E-state index contributed by atoms with van der Waals surface area (Å²) in [5, 5.41) is 2.77. The zero-order chi connectivity index (χ0) is 17.6. The predicted molar refractivity (Wildman–Crippen MR) is 88.6 cm³/mol. The van der Waals surface area contributed by atoms with Gasteiger partial charge >= 0.3 is 0 Å². The average molecular weight is 349 g/mol. The molecule has 0 atom stereocenters. The number of nitrogens with one attached hydrogen (secondary N) is 1. The highest BCUT2D eigenvalue weighted by atomic mass is 32.1. The van der Waals surface area contributed by atoms with Crippen molar-refractivity contribution in [3.8, 4) is 0 Å². The summed E-state index contributed by atoms with van der Waals surface area (Å²) in [7, 11) is 1.61. The van der Waals surface area contributed by atoms with Crippen molar-refractivity contribution < 1.29 is 13.6 Å². The summed E-state index contributed by atoms with van der Waals surface area (Å²) < 4.78 is 28.0. The Hall–Kier alpha value is -2.61. The van der Waals surface area contributed by atoms with Crippen LogP contribution in [0.25, 0.3) is 10.2 Å². The van der Waals surface area contributed by atoms with Gasteiger partial charge in [-0.25, -0.2) is 13.8 Å². The van der Waals surface area contributed by atoms with Crippen LogP contribution in [0.4, 0.5) is 14.5 Å². The summed E-state index contributed by atoms with van der Waals surface area (Å²) in [5.41, 5.74) is 0.122. The predicted octanol–water partition coefficient (Wildman–Crippen LogP) is 3.14. The lowest BCUT2D eigenvalue weighted by Gasteiger charge is -2.05. The van der Waals surface area contributed by atoms with Gasteiger partial charge in [0.1, 0.15) is 22.3 Å². The van der Waals surface area contributed by atoms with Crippen LogP contribution in [0.15, 0.2) is 23.0 Å². The van der Waals surface area contributed by atoms with Crippen LogP contribution in [0, 0.1) is 25.5 Å². The maximum absolute atomic E-state index is 13.7. The van der Waals surface area contributed by atoms with Gasteiger partial charge in [-0.3, -0.25) is 14.2 Å². The molecule has 0 unspecified atom stereocenters. The smallest absolute Gasteiger partial charge is 0.266 e. The van der Waals surface area contributed by atoms with E-state index in [4.69, 9.17) is 0 Å². The third kappa shape index (κ3) is 2.58. The van der Waals surface area contributed by atoms with Crippen LogP contribution in [0.3, 0.4) is 0 Å². The summed E-state index contributed by atoms with van der Waals surface area (Å²) in [4.78, 5) is 29.8. The zero-order valence-corrected chi connectivity index (χ0v) is 13.9. The second kappa shape index (κ2) is 5.79.